The van der Waals surface area contributed by atoms with Gasteiger partial charge in [0.15, 0.2) is 11.6 Å². The molecule has 0 aliphatic rings. The molecule has 5 heteroatoms. The first-order valence-corrected chi connectivity index (χ1v) is 4.07. The topological polar surface area (TPSA) is 33.0 Å². The fraction of sp³-hybridized carbons (Fsp3) is 0.222. The first-order chi connectivity index (χ1) is 6.61. The van der Waals surface area contributed by atoms with Gasteiger partial charge in [-0.2, -0.15) is 5.26 Å². The van der Waals surface area contributed by atoms with Crippen molar-refractivity contribution in [3.05, 3.63) is 28.3 Å². The molecule has 0 saturated carbocycles. The van der Waals surface area contributed by atoms with E-state index in [2.05, 4.69) is 4.74 Å². The molecule has 0 atom stereocenters. The summed E-state index contributed by atoms with van der Waals surface area (Å²) in [7, 11) is 1.20. The van der Waals surface area contributed by atoms with Gasteiger partial charge >= 0.3 is 0 Å². The van der Waals surface area contributed by atoms with Crippen LogP contribution in [0.15, 0.2) is 6.07 Å². The van der Waals surface area contributed by atoms with Crippen molar-refractivity contribution in [2.45, 2.75) is 6.42 Å². The third-order valence-corrected chi connectivity index (χ3v) is 1.95. The molecule has 2 nitrogen and oxygen atoms in total. The average Bonchev–Trinajstić information content (AvgIpc) is 2.14. The molecule has 0 heterocycles. The van der Waals surface area contributed by atoms with E-state index in [9.17, 15) is 8.78 Å². The van der Waals surface area contributed by atoms with Gasteiger partial charge in [-0.05, 0) is 6.07 Å². The summed E-state index contributed by atoms with van der Waals surface area (Å²) in [4.78, 5) is 0. The summed E-state index contributed by atoms with van der Waals surface area (Å²) >= 11 is 5.40. The third kappa shape index (κ3) is 1.78. The number of hydrogen-bond acceptors (Lipinski definition) is 2. The molecule has 0 spiro atoms. The molecule has 0 aromatic heterocycles. The smallest absolute Gasteiger partial charge is 0.167 e. The lowest BCUT2D eigenvalue weighted by atomic mass is 10.1. The van der Waals surface area contributed by atoms with Crippen LogP contribution in [0.2, 0.25) is 5.02 Å². The van der Waals surface area contributed by atoms with E-state index in [0.717, 1.165) is 6.07 Å². The lowest BCUT2D eigenvalue weighted by Crippen LogP contribution is -1.99. The van der Waals surface area contributed by atoms with Gasteiger partial charge in [0.1, 0.15) is 5.82 Å². The summed E-state index contributed by atoms with van der Waals surface area (Å²) < 4.78 is 31.1. The molecule has 0 N–H and O–H groups in total. The van der Waals surface area contributed by atoms with Crippen molar-refractivity contribution in [2.75, 3.05) is 7.11 Å². The van der Waals surface area contributed by atoms with Gasteiger partial charge in [0.05, 0.1) is 24.6 Å². The molecule has 0 bridgehead atoms. The molecule has 0 radical (unpaired) electrons. The monoisotopic (exact) mass is 217 g/mol. The highest BCUT2D eigenvalue weighted by Crippen LogP contribution is 2.30. The Morgan fingerprint density at radius 2 is 2.21 bits per heavy atom. The number of rotatable bonds is 2. The van der Waals surface area contributed by atoms with E-state index in [0.29, 0.717) is 0 Å². The van der Waals surface area contributed by atoms with Crippen LogP contribution in [0, 0.1) is 23.0 Å². The van der Waals surface area contributed by atoms with Crippen LogP contribution in [0.3, 0.4) is 0 Å². The van der Waals surface area contributed by atoms with Crippen molar-refractivity contribution in [2.24, 2.45) is 0 Å². The maximum atomic E-state index is 13.3. The lowest BCUT2D eigenvalue weighted by Gasteiger charge is -2.08. The molecule has 0 fully saturated rings. The number of nitrogens with zero attached hydrogens (tertiary/aromatic N) is 1. The molecular formula is C9H6ClF2NO. The number of hydrogen-bond donors (Lipinski definition) is 0. The van der Waals surface area contributed by atoms with Crippen LogP contribution in [0.4, 0.5) is 8.78 Å². The van der Waals surface area contributed by atoms with E-state index < -0.39 is 11.6 Å². The highest BCUT2D eigenvalue weighted by atomic mass is 35.5. The number of ether oxygens (including phenoxy) is 1. The molecule has 1 rings (SSSR count). The highest BCUT2D eigenvalue weighted by Gasteiger charge is 2.17. The van der Waals surface area contributed by atoms with Crippen molar-refractivity contribution in [3.8, 4) is 11.8 Å². The first-order valence-electron chi connectivity index (χ1n) is 3.69. The molecule has 14 heavy (non-hydrogen) atoms. The molecule has 0 saturated heterocycles. The van der Waals surface area contributed by atoms with Crippen LogP contribution < -0.4 is 4.74 Å². The van der Waals surface area contributed by atoms with Crippen molar-refractivity contribution < 1.29 is 13.5 Å². The summed E-state index contributed by atoms with van der Waals surface area (Å²) in [5.74, 6) is -1.86. The minimum absolute atomic E-state index is 0.153. The van der Waals surface area contributed by atoms with Gasteiger partial charge in [-0.3, -0.25) is 0 Å². The maximum absolute atomic E-state index is 13.3. The Balaban J connectivity index is 3.41. The third-order valence-electron chi connectivity index (χ3n) is 1.68. The van der Waals surface area contributed by atoms with Gasteiger partial charge in [0.2, 0.25) is 0 Å². The summed E-state index contributed by atoms with van der Waals surface area (Å²) in [6.45, 7) is 0. The standard InChI is InChI=1S/C9H6ClF2NO/c1-14-9-5(2-3-13)8(12)6(10)4-7(9)11/h4H,2H2,1H3. The fourth-order valence-corrected chi connectivity index (χ4v) is 1.30. The molecule has 0 aliphatic heterocycles. The SMILES string of the molecule is COc1c(F)cc(Cl)c(F)c1CC#N. The van der Waals surface area contributed by atoms with Gasteiger partial charge in [0.25, 0.3) is 0 Å². The highest BCUT2D eigenvalue weighted by molar-refractivity contribution is 6.30. The van der Waals surface area contributed by atoms with Gasteiger partial charge in [0, 0.05) is 5.56 Å². The Bertz CT molecular complexity index is 401. The van der Waals surface area contributed by atoms with Crippen LogP contribution in [0.25, 0.3) is 0 Å². The molecule has 0 unspecified atom stereocenters. The quantitative estimate of drug-likeness (QED) is 0.714. The van der Waals surface area contributed by atoms with E-state index in [-0.39, 0.29) is 22.8 Å². The van der Waals surface area contributed by atoms with Crippen molar-refractivity contribution in [3.63, 3.8) is 0 Å². The normalized spacial score (nSPS) is 9.64. The molecule has 0 aliphatic carbocycles. The predicted octanol–water partition coefficient (Wildman–Crippen LogP) is 2.69. The Morgan fingerprint density at radius 3 is 2.71 bits per heavy atom. The molecular weight excluding hydrogens is 212 g/mol. The number of methoxy groups -OCH3 is 1. The van der Waals surface area contributed by atoms with Crippen molar-refractivity contribution in [1.29, 1.82) is 5.26 Å². The maximum Gasteiger partial charge on any atom is 0.167 e. The number of halogens is 3. The molecule has 0 amide bonds. The second-order valence-corrected chi connectivity index (χ2v) is 2.91. The van der Waals surface area contributed by atoms with Crippen LogP contribution in [-0.2, 0) is 6.42 Å². The minimum atomic E-state index is -0.813. The van der Waals surface area contributed by atoms with Gasteiger partial charge < -0.3 is 4.74 Å². The number of nitriles is 1. The Kier molecular flexibility index (Phi) is 3.26. The molecule has 74 valence electrons. The van der Waals surface area contributed by atoms with Crippen LogP contribution in [0.5, 0.6) is 5.75 Å². The van der Waals surface area contributed by atoms with Crippen molar-refractivity contribution in [1.82, 2.24) is 0 Å². The van der Waals surface area contributed by atoms with Gasteiger partial charge in [-0.15, -0.1) is 0 Å². The summed E-state index contributed by atoms with van der Waals surface area (Å²) in [5, 5.41) is 8.05. The largest absolute Gasteiger partial charge is 0.493 e. The zero-order chi connectivity index (χ0) is 10.7. The second-order valence-electron chi connectivity index (χ2n) is 2.50. The summed E-state index contributed by atoms with van der Waals surface area (Å²) in [5.41, 5.74) is -0.153. The summed E-state index contributed by atoms with van der Waals surface area (Å²) in [6.07, 6.45) is -0.285. The zero-order valence-corrected chi connectivity index (χ0v) is 8.03. The zero-order valence-electron chi connectivity index (χ0n) is 7.27. The van der Waals surface area contributed by atoms with Gasteiger partial charge in [-0.25, -0.2) is 8.78 Å². The molecule has 1 aromatic carbocycles. The van der Waals surface area contributed by atoms with Gasteiger partial charge in [-0.1, -0.05) is 11.6 Å². The molecule has 1 aromatic rings. The van der Waals surface area contributed by atoms with E-state index in [1.807, 2.05) is 0 Å². The van der Waals surface area contributed by atoms with E-state index in [4.69, 9.17) is 16.9 Å². The first kappa shape index (κ1) is 10.7. The van der Waals surface area contributed by atoms with Crippen molar-refractivity contribution >= 4 is 11.6 Å². The van der Waals surface area contributed by atoms with E-state index in [1.165, 1.54) is 7.11 Å². The predicted molar refractivity (Wildman–Crippen MR) is 47.2 cm³/mol. The second kappa shape index (κ2) is 4.25. The fourth-order valence-electron chi connectivity index (χ4n) is 1.09. The van der Waals surface area contributed by atoms with Crippen LogP contribution in [0.1, 0.15) is 5.56 Å². The Hall–Kier alpha value is -1.34. The lowest BCUT2D eigenvalue weighted by molar-refractivity contribution is 0.377. The van der Waals surface area contributed by atoms with Crippen LogP contribution in [-0.4, -0.2) is 7.11 Å². The summed E-state index contributed by atoms with van der Waals surface area (Å²) in [6, 6.07) is 2.52. The average molecular weight is 218 g/mol. The van der Waals surface area contributed by atoms with E-state index in [1.54, 1.807) is 6.07 Å². The van der Waals surface area contributed by atoms with E-state index >= 15 is 0 Å². The Morgan fingerprint density at radius 1 is 1.57 bits per heavy atom. The number of benzene rings is 1. The Labute approximate surface area is 84.7 Å². The minimum Gasteiger partial charge on any atom is -0.493 e. The van der Waals surface area contributed by atoms with Crippen LogP contribution >= 0.6 is 11.6 Å².